The number of carbonyl (C=O) groups excluding carboxylic acids is 1. The monoisotopic (exact) mass is 204 g/mol. The SMILES string of the molecule is CCCCCCC(=O)Cc1ccccc1. The van der Waals surface area contributed by atoms with Crippen LogP contribution in [0.25, 0.3) is 0 Å². The van der Waals surface area contributed by atoms with Gasteiger partial charge in [-0.1, -0.05) is 56.5 Å². The number of carbonyl (C=O) groups is 1. The Labute approximate surface area is 92.5 Å². The summed E-state index contributed by atoms with van der Waals surface area (Å²) in [5.74, 6) is 0.373. The molecule has 82 valence electrons. The van der Waals surface area contributed by atoms with Crippen LogP contribution >= 0.6 is 0 Å². The highest BCUT2D eigenvalue weighted by molar-refractivity contribution is 5.80. The van der Waals surface area contributed by atoms with Crippen molar-refractivity contribution in [1.29, 1.82) is 0 Å². The van der Waals surface area contributed by atoms with E-state index in [-0.39, 0.29) is 0 Å². The first-order valence-corrected chi connectivity index (χ1v) is 5.88. The molecular weight excluding hydrogens is 184 g/mol. The molecule has 0 amide bonds. The Morgan fingerprint density at radius 3 is 2.47 bits per heavy atom. The second-order valence-corrected chi connectivity index (χ2v) is 4.01. The van der Waals surface area contributed by atoms with Crippen LogP contribution in [0.15, 0.2) is 30.3 Å². The molecule has 15 heavy (non-hydrogen) atoms. The van der Waals surface area contributed by atoms with Gasteiger partial charge in [0.2, 0.25) is 0 Å². The molecule has 0 heterocycles. The van der Waals surface area contributed by atoms with Gasteiger partial charge in [0.15, 0.2) is 0 Å². The average molecular weight is 204 g/mol. The van der Waals surface area contributed by atoms with E-state index in [0.29, 0.717) is 12.2 Å². The molecule has 0 N–H and O–H groups in total. The number of ketones is 1. The number of hydrogen-bond acceptors (Lipinski definition) is 1. The lowest BCUT2D eigenvalue weighted by atomic mass is 10.0. The van der Waals surface area contributed by atoms with Crippen molar-refractivity contribution >= 4 is 5.78 Å². The molecule has 0 spiro atoms. The van der Waals surface area contributed by atoms with Crippen molar-refractivity contribution in [2.45, 2.75) is 45.4 Å². The zero-order valence-corrected chi connectivity index (χ0v) is 9.54. The van der Waals surface area contributed by atoms with Gasteiger partial charge in [0, 0.05) is 12.8 Å². The van der Waals surface area contributed by atoms with Crippen LogP contribution in [0, 0.1) is 0 Å². The van der Waals surface area contributed by atoms with Gasteiger partial charge in [-0.2, -0.15) is 0 Å². The molecule has 0 aliphatic carbocycles. The molecule has 1 aromatic carbocycles. The summed E-state index contributed by atoms with van der Waals surface area (Å²) in [5.41, 5.74) is 1.14. The molecule has 0 bridgehead atoms. The summed E-state index contributed by atoms with van der Waals surface area (Å²) in [4.78, 5) is 11.6. The van der Waals surface area contributed by atoms with E-state index in [1.807, 2.05) is 30.3 Å². The van der Waals surface area contributed by atoms with Gasteiger partial charge >= 0.3 is 0 Å². The maximum atomic E-state index is 11.6. The van der Waals surface area contributed by atoms with Gasteiger partial charge in [0.05, 0.1) is 0 Å². The topological polar surface area (TPSA) is 17.1 Å². The fraction of sp³-hybridized carbons (Fsp3) is 0.500. The molecule has 1 heteroatoms. The number of benzene rings is 1. The highest BCUT2D eigenvalue weighted by Gasteiger charge is 2.02. The van der Waals surface area contributed by atoms with Gasteiger partial charge in [-0.15, -0.1) is 0 Å². The average Bonchev–Trinajstić information content (AvgIpc) is 2.26. The Kier molecular flexibility index (Phi) is 5.76. The molecule has 1 rings (SSSR count). The van der Waals surface area contributed by atoms with Gasteiger partial charge in [0.25, 0.3) is 0 Å². The second kappa shape index (κ2) is 7.22. The molecule has 0 fully saturated rings. The lowest BCUT2D eigenvalue weighted by Gasteiger charge is -2.01. The Hall–Kier alpha value is -1.11. The van der Waals surface area contributed by atoms with Crippen LogP contribution in [-0.4, -0.2) is 5.78 Å². The minimum absolute atomic E-state index is 0.373. The van der Waals surface area contributed by atoms with Gasteiger partial charge in [-0.3, -0.25) is 4.79 Å². The van der Waals surface area contributed by atoms with Crippen LogP contribution in [0.5, 0.6) is 0 Å². The van der Waals surface area contributed by atoms with Gasteiger partial charge in [0.1, 0.15) is 5.78 Å². The Balaban J connectivity index is 2.19. The van der Waals surface area contributed by atoms with Crippen molar-refractivity contribution in [1.82, 2.24) is 0 Å². The van der Waals surface area contributed by atoms with Crippen LogP contribution in [0.2, 0.25) is 0 Å². The summed E-state index contributed by atoms with van der Waals surface area (Å²) < 4.78 is 0. The summed E-state index contributed by atoms with van der Waals surface area (Å²) in [6.07, 6.45) is 6.07. The van der Waals surface area contributed by atoms with E-state index >= 15 is 0 Å². The zero-order chi connectivity index (χ0) is 10.9. The van der Waals surface area contributed by atoms with Gasteiger partial charge in [-0.05, 0) is 12.0 Å². The molecule has 0 atom stereocenters. The molecule has 0 saturated carbocycles. The second-order valence-electron chi connectivity index (χ2n) is 4.01. The van der Waals surface area contributed by atoms with Crippen LogP contribution in [0.1, 0.15) is 44.6 Å². The third kappa shape index (κ3) is 5.36. The third-order valence-corrected chi connectivity index (χ3v) is 2.55. The van der Waals surface area contributed by atoms with Crippen LogP contribution in [0.3, 0.4) is 0 Å². The standard InChI is InChI=1S/C14H20O/c1-2-3-4-8-11-14(15)12-13-9-6-5-7-10-13/h5-7,9-10H,2-4,8,11-12H2,1H3. The number of rotatable bonds is 7. The zero-order valence-electron chi connectivity index (χ0n) is 9.54. The maximum absolute atomic E-state index is 11.6. The molecule has 0 aliphatic heterocycles. The lowest BCUT2D eigenvalue weighted by molar-refractivity contribution is -0.118. The quantitative estimate of drug-likeness (QED) is 0.618. The molecule has 1 nitrogen and oxygen atoms in total. The number of unbranched alkanes of at least 4 members (excludes halogenated alkanes) is 3. The summed E-state index contributed by atoms with van der Waals surface area (Å²) >= 11 is 0. The van der Waals surface area contributed by atoms with E-state index in [1.54, 1.807) is 0 Å². The van der Waals surface area contributed by atoms with Crippen molar-refractivity contribution in [3.8, 4) is 0 Å². The Morgan fingerprint density at radius 1 is 1.07 bits per heavy atom. The minimum Gasteiger partial charge on any atom is -0.299 e. The van der Waals surface area contributed by atoms with E-state index in [0.717, 1.165) is 18.4 Å². The fourth-order valence-electron chi connectivity index (χ4n) is 1.66. The highest BCUT2D eigenvalue weighted by Crippen LogP contribution is 2.06. The molecule has 0 saturated heterocycles. The van der Waals surface area contributed by atoms with Crippen molar-refractivity contribution < 1.29 is 4.79 Å². The van der Waals surface area contributed by atoms with Crippen LogP contribution in [-0.2, 0) is 11.2 Å². The normalized spacial score (nSPS) is 10.2. The first-order valence-electron chi connectivity index (χ1n) is 5.88. The highest BCUT2D eigenvalue weighted by atomic mass is 16.1. The fourth-order valence-corrected chi connectivity index (χ4v) is 1.66. The first-order chi connectivity index (χ1) is 7.33. The van der Waals surface area contributed by atoms with Crippen molar-refractivity contribution in [3.63, 3.8) is 0 Å². The molecule has 0 radical (unpaired) electrons. The van der Waals surface area contributed by atoms with E-state index in [9.17, 15) is 4.79 Å². The predicted octanol–water partition coefficient (Wildman–Crippen LogP) is 3.77. The minimum atomic E-state index is 0.373. The van der Waals surface area contributed by atoms with Gasteiger partial charge in [-0.25, -0.2) is 0 Å². The van der Waals surface area contributed by atoms with E-state index < -0.39 is 0 Å². The third-order valence-electron chi connectivity index (χ3n) is 2.55. The largest absolute Gasteiger partial charge is 0.299 e. The molecule has 1 aromatic rings. The lowest BCUT2D eigenvalue weighted by Crippen LogP contribution is -2.02. The summed E-state index contributed by atoms with van der Waals surface area (Å²) in [5, 5.41) is 0. The van der Waals surface area contributed by atoms with E-state index in [4.69, 9.17) is 0 Å². The van der Waals surface area contributed by atoms with Crippen molar-refractivity contribution in [3.05, 3.63) is 35.9 Å². The first kappa shape index (κ1) is 12.0. The predicted molar refractivity (Wildman–Crippen MR) is 63.9 cm³/mol. The summed E-state index contributed by atoms with van der Waals surface area (Å²) in [6, 6.07) is 9.99. The molecule has 0 unspecified atom stereocenters. The Bertz CT molecular complexity index is 277. The van der Waals surface area contributed by atoms with Crippen LogP contribution < -0.4 is 0 Å². The number of hydrogen-bond donors (Lipinski definition) is 0. The van der Waals surface area contributed by atoms with Crippen molar-refractivity contribution in [2.24, 2.45) is 0 Å². The van der Waals surface area contributed by atoms with Crippen molar-refractivity contribution in [2.75, 3.05) is 0 Å². The Morgan fingerprint density at radius 2 is 1.80 bits per heavy atom. The number of Topliss-reactive ketones (excluding diaryl/α,β-unsaturated/α-hetero) is 1. The summed E-state index contributed by atoms with van der Waals surface area (Å²) in [7, 11) is 0. The molecular formula is C14H20O. The molecule has 0 aliphatic rings. The maximum Gasteiger partial charge on any atom is 0.137 e. The van der Waals surface area contributed by atoms with Crippen LogP contribution in [0.4, 0.5) is 0 Å². The molecule has 0 aromatic heterocycles. The summed E-state index contributed by atoms with van der Waals surface area (Å²) in [6.45, 7) is 2.19. The van der Waals surface area contributed by atoms with Gasteiger partial charge < -0.3 is 0 Å². The van der Waals surface area contributed by atoms with E-state index in [1.165, 1.54) is 19.3 Å². The smallest absolute Gasteiger partial charge is 0.137 e. The van der Waals surface area contributed by atoms with E-state index in [2.05, 4.69) is 6.92 Å².